The van der Waals surface area contributed by atoms with Crippen molar-refractivity contribution < 1.29 is 33.3 Å². The van der Waals surface area contributed by atoms with Crippen molar-refractivity contribution in [3.63, 3.8) is 0 Å². The van der Waals surface area contributed by atoms with Crippen LogP contribution in [0.1, 0.15) is 42.7 Å². The largest absolute Gasteiger partial charge is 0.497 e. The summed E-state index contributed by atoms with van der Waals surface area (Å²) in [6.07, 6.45) is 0.836. The van der Waals surface area contributed by atoms with Gasteiger partial charge in [0.1, 0.15) is 17.4 Å². The number of ether oxygens (including phenoxy) is 5. The van der Waals surface area contributed by atoms with Gasteiger partial charge in [-0.1, -0.05) is 12.1 Å². The highest BCUT2D eigenvalue weighted by Crippen LogP contribution is 2.49. The van der Waals surface area contributed by atoms with Crippen molar-refractivity contribution >= 4 is 17.5 Å². The van der Waals surface area contributed by atoms with Gasteiger partial charge in [-0.2, -0.15) is 0 Å². The average molecular weight is 494 g/mol. The molecule has 8 nitrogen and oxygen atoms in total. The summed E-state index contributed by atoms with van der Waals surface area (Å²) in [5.74, 6) is 0.487. The quantitative estimate of drug-likeness (QED) is 0.526. The third-order valence-corrected chi connectivity index (χ3v) is 7.00. The molecule has 36 heavy (non-hydrogen) atoms. The average Bonchev–Trinajstić information content (AvgIpc) is 2.90. The van der Waals surface area contributed by atoms with Crippen molar-refractivity contribution in [1.82, 2.24) is 0 Å². The molecule has 0 saturated carbocycles. The van der Waals surface area contributed by atoms with Gasteiger partial charge in [-0.15, -0.1) is 0 Å². The van der Waals surface area contributed by atoms with Gasteiger partial charge in [0.15, 0.2) is 17.3 Å². The molecule has 3 atom stereocenters. The van der Waals surface area contributed by atoms with E-state index in [1.807, 2.05) is 24.3 Å². The van der Waals surface area contributed by atoms with Crippen LogP contribution in [0, 0.1) is 5.92 Å². The van der Waals surface area contributed by atoms with Gasteiger partial charge >= 0.3 is 5.97 Å². The molecule has 0 amide bonds. The van der Waals surface area contributed by atoms with Crippen LogP contribution < -0.4 is 18.9 Å². The zero-order valence-electron chi connectivity index (χ0n) is 21.4. The van der Waals surface area contributed by atoms with Crippen LogP contribution in [0.25, 0.3) is 0 Å². The molecule has 0 fully saturated rings. The molecular weight excluding hydrogens is 462 g/mol. The first-order chi connectivity index (χ1) is 17.4. The van der Waals surface area contributed by atoms with Crippen LogP contribution in [0.2, 0.25) is 0 Å². The molecule has 2 aromatic rings. The first kappa shape index (κ1) is 25.3. The second kappa shape index (κ2) is 10.4. The molecule has 2 aromatic carbocycles. The summed E-state index contributed by atoms with van der Waals surface area (Å²) in [6, 6.07) is 11.1. The van der Waals surface area contributed by atoms with E-state index in [2.05, 4.69) is 0 Å². The number of aliphatic imine (C=N–C) groups is 1. The molecule has 4 rings (SSSR count). The fourth-order valence-electron chi connectivity index (χ4n) is 5.25. The number of carbonyl (C=O) groups is 2. The first-order valence-electron chi connectivity index (χ1n) is 11.7. The van der Waals surface area contributed by atoms with Gasteiger partial charge in [0, 0.05) is 41.0 Å². The van der Waals surface area contributed by atoms with Crippen molar-refractivity contribution in [2.24, 2.45) is 10.9 Å². The minimum atomic E-state index is -0.738. The van der Waals surface area contributed by atoms with E-state index >= 15 is 0 Å². The monoisotopic (exact) mass is 493 g/mol. The van der Waals surface area contributed by atoms with E-state index in [1.54, 1.807) is 47.5 Å². The SMILES string of the molecule is COC(=O)C1C(C)=NC2=C(C(=O)C[C@H](c3ccc(OC)c(OC)c3)C2)[C@H]1c1ccc(OC)cc1OC. The summed E-state index contributed by atoms with van der Waals surface area (Å²) < 4.78 is 27.0. The van der Waals surface area contributed by atoms with Crippen molar-refractivity contribution in [1.29, 1.82) is 0 Å². The number of nitrogens with zero attached hydrogens (tertiary/aromatic N) is 1. The molecule has 1 heterocycles. The Hall–Kier alpha value is -3.81. The third kappa shape index (κ3) is 4.43. The highest BCUT2D eigenvalue weighted by atomic mass is 16.5. The van der Waals surface area contributed by atoms with Crippen LogP contribution >= 0.6 is 0 Å². The number of esters is 1. The van der Waals surface area contributed by atoms with Gasteiger partial charge < -0.3 is 23.7 Å². The van der Waals surface area contributed by atoms with E-state index in [-0.39, 0.29) is 18.1 Å². The molecule has 0 N–H and O–H groups in total. The normalized spacial score (nSPS) is 21.3. The summed E-state index contributed by atoms with van der Waals surface area (Å²) in [5.41, 5.74) is 3.51. The fraction of sp³-hybridized carbons (Fsp3) is 0.393. The summed E-state index contributed by atoms with van der Waals surface area (Å²) in [6.45, 7) is 1.80. The zero-order chi connectivity index (χ0) is 26.0. The Labute approximate surface area is 210 Å². The van der Waals surface area contributed by atoms with Crippen LogP contribution in [0.5, 0.6) is 23.0 Å². The maximum absolute atomic E-state index is 13.8. The molecule has 0 aromatic heterocycles. The Morgan fingerprint density at radius 1 is 0.861 bits per heavy atom. The maximum atomic E-state index is 13.8. The molecule has 8 heteroatoms. The summed E-state index contributed by atoms with van der Waals surface area (Å²) in [4.78, 5) is 31.5. The lowest BCUT2D eigenvalue weighted by molar-refractivity contribution is -0.143. The Morgan fingerprint density at radius 2 is 1.58 bits per heavy atom. The molecule has 190 valence electrons. The molecular formula is C28H31NO7. The minimum absolute atomic E-state index is 0.0518. The topological polar surface area (TPSA) is 92.7 Å². The highest BCUT2D eigenvalue weighted by Gasteiger charge is 2.45. The Bertz CT molecular complexity index is 1250. The molecule has 0 spiro atoms. The number of benzene rings is 2. The van der Waals surface area contributed by atoms with Crippen LogP contribution in [0.3, 0.4) is 0 Å². The molecule has 1 aliphatic heterocycles. The van der Waals surface area contributed by atoms with Gasteiger partial charge in [-0.25, -0.2) is 0 Å². The Kier molecular flexibility index (Phi) is 7.33. The Morgan fingerprint density at radius 3 is 2.22 bits per heavy atom. The number of carbonyl (C=O) groups excluding carboxylic acids is 2. The van der Waals surface area contributed by atoms with Crippen molar-refractivity contribution in [3.8, 4) is 23.0 Å². The van der Waals surface area contributed by atoms with Crippen molar-refractivity contribution in [3.05, 3.63) is 58.8 Å². The van der Waals surface area contributed by atoms with E-state index in [0.29, 0.717) is 52.0 Å². The van der Waals surface area contributed by atoms with Gasteiger partial charge in [0.25, 0.3) is 0 Å². The number of allylic oxidation sites excluding steroid dienone is 2. The maximum Gasteiger partial charge on any atom is 0.315 e. The lowest BCUT2D eigenvalue weighted by Gasteiger charge is -2.36. The molecule has 1 unspecified atom stereocenters. The number of rotatable bonds is 7. The van der Waals surface area contributed by atoms with E-state index in [4.69, 9.17) is 28.7 Å². The lowest BCUT2D eigenvalue weighted by Crippen LogP contribution is -2.38. The second-order valence-corrected chi connectivity index (χ2v) is 8.84. The van der Waals surface area contributed by atoms with E-state index in [0.717, 1.165) is 5.56 Å². The molecule has 0 saturated heterocycles. The standard InChI is InChI=1S/C28H31NO7/c1-15-25(28(31)36-6)26(19-9-8-18(32-2)14-23(19)34-4)27-20(29-15)11-17(12-21(27)30)16-7-10-22(33-3)24(13-16)35-5/h7-10,13-14,17,25-26H,11-12H2,1-6H3/t17-,25?,26+/m1/s1. The van der Waals surface area contributed by atoms with Gasteiger partial charge in [-0.3, -0.25) is 14.6 Å². The molecule has 0 bridgehead atoms. The predicted molar refractivity (Wildman–Crippen MR) is 134 cm³/mol. The van der Waals surface area contributed by atoms with Crippen LogP contribution in [0.15, 0.2) is 52.7 Å². The van der Waals surface area contributed by atoms with Gasteiger partial charge in [0.05, 0.1) is 35.5 Å². The van der Waals surface area contributed by atoms with Gasteiger partial charge in [-0.05, 0) is 43.0 Å². The fourth-order valence-corrected chi connectivity index (χ4v) is 5.25. The van der Waals surface area contributed by atoms with Crippen LogP contribution in [-0.2, 0) is 14.3 Å². The lowest BCUT2D eigenvalue weighted by atomic mass is 9.69. The molecule has 0 radical (unpaired) electrons. The number of ketones is 1. The smallest absolute Gasteiger partial charge is 0.315 e. The van der Waals surface area contributed by atoms with E-state index < -0.39 is 17.8 Å². The van der Waals surface area contributed by atoms with Gasteiger partial charge in [0.2, 0.25) is 0 Å². The van der Waals surface area contributed by atoms with Crippen LogP contribution in [-0.4, -0.2) is 53.0 Å². The highest BCUT2D eigenvalue weighted by molar-refractivity contribution is 6.09. The number of hydrogen-bond acceptors (Lipinski definition) is 8. The number of hydrogen-bond donors (Lipinski definition) is 0. The van der Waals surface area contributed by atoms with Crippen molar-refractivity contribution in [2.75, 3.05) is 35.5 Å². The third-order valence-electron chi connectivity index (χ3n) is 7.00. The molecule has 1 aliphatic carbocycles. The van der Waals surface area contributed by atoms with Crippen LogP contribution in [0.4, 0.5) is 0 Å². The zero-order valence-corrected chi connectivity index (χ0v) is 21.4. The second-order valence-electron chi connectivity index (χ2n) is 8.84. The Balaban J connectivity index is 1.82. The number of Topliss-reactive ketones (excluding diaryl/α,β-unsaturated/α-hetero) is 1. The minimum Gasteiger partial charge on any atom is -0.497 e. The van der Waals surface area contributed by atoms with E-state index in [9.17, 15) is 9.59 Å². The predicted octanol–water partition coefficient (Wildman–Crippen LogP) is 4.47. The summed E-state index contributed by atoms with van der Waals surface area (Å²) in [5, 5.41) is 0. The number of methoxy groups -OCH3 is 5. The van der Waals surface area contributed by atoms with Crippen molar-refractivity contribution in [2.45, 2.75) is 31.6 Å². The first-order valence-corrected chi connectivity index (χ1v) is 11.7. The summed E-state index contributed by atoms with van der Waals surface area (Å²) in [7, 11) is 7.65. The summed E-state index contributed by atoms with van der Waals surface area (Å²) >= 11 is 0. The molecule has 2 aliphatic rings. The van der Waals surface area contributed by atoms with E-state index in [1.165, 1.54) is 7.11 Å².